The van der Waals surface area contributed by atoms with Crippen LogP contribution in [-0.4, -0.2) is 17.0 Å². The van der Waals surface area contributed by atoms with E-state index < -0.39 is 40.0 Å². The third-order valence-corrected chi connectivity index (χ3v) is 2.58. The predicted molar refractivity (Wildman–Crippen MR) is 60.8 cm³/mol. The Morgan fingerprint density at radius 2 is 1.75 bits per heavy atom. The summed E-state index contributed by atoms with van der Waals surface area (Å²) in [7, 11) is 0. The van der Waals surface area contributed by atoms with Gasteiger partial charge >= 0.3 is 12.5 Å². The van der Waals surface area contributed by atoms with Gasteiger partial charge in [0.15, 0.2) is 5.78 Å². The van der Waals surface area contributed by atoms with Crippen molar-refractivity contribution in [1.29, 1.82) is 0 Å². The van der Waals surface area contributed by atoms with Crippen molar-refractivity contribution < 1.29 is 35.9 Å². The second-order valence-electron chi connectivity index (χ2n) is 3.70. The summed E-state index contributed by atoms with van der Waals surface area (Å²) in [4.78, 5) is 10.7. The normalized spacial score (nSPS) is 14.0. The van der Waals surface area contributed by atoms with Crippen LogP contribution in [0.1, 0.15) is 22.8 Å². The Labute approximate surface area is 117 Å². The molecular weight excluding hydrogens is 358 g/mol. The standard InChI is InChI=1S/C11H7BrF6O2/c1-5(12)9(19)6-3-2-4-7(20-11(16,17)18)8(6)10(13,14)15/h2-5H,1H3. The quantitative estimate of drug-likeness (QED) is 0.446. The third-order valence-electron chi connectivity index (χ3n) is 2.16. The molecule has 112 valence electrons. The van der Waals surface area contributed by atoms with E-state index in [0.29, 0.717) is 6.07 Å². The molecule has 0 fully saturated rings. The molecule has 1 unspecified atom stereocenters. The minimum atomic E-state index is -5.29. The Kier molecular flexibility index (Phi) is 4.73. The van der Waals surface area contributed by atoms with Crippen LogP contribution in [0.15, 0.2) is 18.2 Å². The number of Topliss-reactive ketones (excluding diaryl/α,β-unsaturated/α-hetero) is 1. The first-order valence-corrected chi connectivity index (χ1v) is 5.99. The zero-order chi connectivity index (χ0) is 15.7. The summed E-state index contributed by atoms with van der Waals surface area (Å²) < 4.78 is 78.4. The van der Waals surface area contributed by atoms with Crippen LogP contribution >= 0.6 is 15.9 Å². The van der Waals surface area contributed by atoms with E-state index in [2.05, 4.69) is 20.7 Å². The van der Waals surface area contributed by atoms with E-state index in [1.54, 1.807) is 0 Å². The zero-order valence-electron chi connectivity index (χ0n) is 9.77. The van der Waals surface area contributed by atoms with Crippen LogP contribution < -0.4 is 4.74 Å². The maximum absolute atomic E-state index is 12.9. The molecule has 1 aromatic rings. The highest BCUT2D eigenvalue weighted by atomic mass is 79.9. The molecule has 0 bridgehead atoms. The SMILES string of the molecule is CC(Br)C(=O)c1cccc(OC(F)(F)F)c1C(F)(F)F. The second kappa shape index (κ2) is 5.63. The molecule has 0 spiro atoms. The lowest BCUT2D eigenvalue weighted by Gasteiger charge is -2.18. The Morgan fingerprint density at radius 3 is 2.15 bits per heavy atom. The van der Waals surface area contributed by atoms with Crippen molar-refractivity contribution in [3.8, 4) is 5.75 Å². The van der Waals surface area contributed by atoms with Gasteiger partial charge in [-0.25, -0.2) is 0 Å². The first kappa shape index (κ1) is 16.8. The average molecular weight is 365 g/mol. The van der Waals surface area contributed by atoms with Crippen LogP contribution in [0.2, 0.25) is 0 Å². The average Bonchev–Trinajstić information content (AvgIpc) is 2.23. The van der Waals surface area contributed by atoms with Crippen LogP contribution in [0, 0.1) is 0 Å². The smallest absolute Gasteiger partial charge is 0.405 e. The van der Waals surface area contributed by atoms with Gasteiger partial charge in [-0.3, -0.25) is 4.79 Å². The topological polar surface area (TPSA) is 26.3 Å². The number of rotatable bonds is 3. The van der Waals surface area contributed by atoms with Crippen molar-refractivity contribution in [3.63, 3.8) is 0 Å². The Bertz CT molecular complexity index is 507. The predicted octanol–water partition coefficient (Wildman–Crippen LogP) is 4.57. The molecule has 0 aromatic heterocycles. The van der Waals surface area contributed by atoms with Crippen LogP contribution in [-0.2, 0) is 6.18 Å². The summed E-state index contributed by atoms with van der Waals surface area (Å²) in [6.07, 6.45) is -10.4. The summed E-state index contributed by atoms with van der Waals surface area (Å²) >= 11 is 2.78. The van der Waals surface area contributed by atoms with E-state index in [0.717, 1.165) is 12.1 Å². The molecule has 1 atom stereocenters. The summed E-state index contributed by atoms with van der Waals surface area (Å²) in [5.41, 5.74) is -2.63. The van der Waals surface area contributed by atoms with Gasteiger partial charge in [0.25, 0.3) is 0 Å². The highest BCUT2D eigenvalue weighted by Gasteiger charge is 2.42. The monoisotopic (exact) mass is 364 g/mol. The van der Waals surface area contributed by atoms with Gasteiger partial charge in [-0.05, 0) is 13.0 Å². The molecule has 0 saturated heterocycles. The summed E-state index contributed by atoms with van der Waals surface area (Å²) in [6.45, 7) is 1.26. The Morgan fingerprint density at radius 1 is 1.20 bits per heavy atom. The van der Waals surface area contributed by atoms with E-state index in [-0.39, 0.29) is 0 Å². The van der Waals surface area contributed by atoms with Crippen LogP contribution in [0.25, 0.3) is 0 Å². The van der Waals surface area contributed by atoms with E-state index >= 15 is 0 Å². The van der Waals surface area contributed by atoms with Crippen molar-refractivity contribution in [1.82, 2.24) is 0 Å². The van der Waals surface area contributed by atoms with E-state index in [1.807, 2.05) is 0 Å². The van der Waals surface area contributed by atoms with Gasteiger partial charge in [-0.2, -0.15) is 13.2 Å². The summed E-state index contributed by atoms with van der Waals surface area (Å²) in [5.74, 6) is -2.45. The van der Waals surface area contributed by atoms with Gasteiger partial charge in [0.05, 0.1) is 4.83 Å². The molecule has 0 aliphatic heterocycles. The second-order valence-corrected chi connectivity index (χ2v) is 5.08. The number of hydrogen-bond acceptors (Lipinski definition) is 2. The molecule has 9 heteroatoms. The van der Waals surface area contributed by atoms with Gasteiger partial charge < -0.3 is 4.74 Å². The largest absolute Gasteiger partial charge is 0.573 e. The van der Waals surface area contributed by atoms with Crippen LogP contribution in [0.3, 0.4) is 0 Å². The first-order chi connectivity index (χ1) is 8.93. The van der Waals surface area contributed by atoms with Crippen molar-refractivity contribution in [2.75, 3.05) is 0 Å². The zero-order valence-corrected chi connectivity index (χ0v) is 11.4. The number of alkyl halides is 7. The highest BCUT2D eigenvalue weighted by Crippen LogP contribution is 2.41. The minimum Gasteiger partial charge on any atom is -0.405 e. The fourth-order valence-corrected chi connectivity index (χ4v) is 1.70. The van der Waals surface area contributed by atoms with Crippen molar-refractivity contribution in [2.45, 2.75) is 24.3 Å². The molecule has 1 rings (SSSR count). The minimum absolute atomic E-state index is 0.506. The summed E-state index contributed by atoms with van der Waals surface area (Å²) in [6, 6.07) is 2.19. The van der Waals surface area contributed by atoms with Crippen molar-refractivity contribution in [3.05, 3.63) is 29.3 Å². The maximum Gasteiger partial charge on any atom is 0.573 e. The number of ketones is 1. The van der Waals surface area contributed by atoms with Crippen LogP contribution in [0.5, 0.6) is 5.75 Å². The fraction of sp³-hybridized carbons (Fsp3) is 0.364. The number of carbonyl (C=O) groups is 1. The lowest BCUT2D eigenvalue weighted by atomic mass is 10.0. The number of hydrogen-bond donors (Lipinski definition) is 0. The number of halogens is 7. The Hall–Kier alpha value is -1.25. The maximum atomic E-state index is 12.9. The number of carbonyl (C=O) groups excluding carboxylic acids is 1. The summed E-state index contributed by atoms with van der Waals surface area (Å²) in [5, 5.41) is 0. The molecule has 0 saturated carbocycles. The van der Waals surface area contributed by atoms with Gasteiger partial charge in [0.1, 0.15) is 11.3 Å². The molecule has 0 N–H and O–H groups in total. The van der Waals surface area contributed by atoms with E-state index in [1.165, 1.54) is 6.92 Å². The van der Waals surface area contributed by atoms with Gasteiger partial charge in [-0.1, -0.05) is 28.1 Å². The molecule has 0 amide bonds. The van der Waals surface area contributed by atoms with Crippen LogP contribution in [0.4, 0.5) is 26.3 Å². The molecule has 2 nitrogen and oxygen atoms in total. The fourth-order valence-electron chi connectivity index (χ4n) is 1.45. The van der Waals surface area contributed by atoms with E-state index in [4.69, 9.17) is 0 Å². The highest BCUT2D eigenvalue weighted by molar-refractivity contribution is 9.10. The van der Waals surface area contributed by atoms with Crippen molar-refractivity contribution >= 4 is 21.7 Å². The molecule has 0 aliphatic carbocycles. The molecule has 0 radical (unpaired) electrons. The first-order valence-electron chi connectivity index (χ1n) is 5.07. The van der Waals surface area contributed by atoms with Gasteiger partial charge in [-0.15, -0.1) is 13.2 Å². The van der Waals surface area contributed by atoms with Gasteiger partial charge in [0, 0.05) is 5.56 Å². The molecule has 1 aromatic carbocycles. The van der Waals surface area contributed by atoms with E-state index in [9.17, 15) is 31.1 Å². The molecular formula is C11H7BrF6O2. The number of benzene rings is 1. The van der Waals surface area contributed by atoms with Gasteiger partial charge in [0.2, 0.25) is 0 Å². The molecule has 20 heavy (non-hydrogen) atoms. The lowest BCUT2D eigenvalue weighted by Crippen LogP contribution is -2.23. The molecule has 0 heterocycles. The van der Waals surface area contributed by atoms with Crippen molar-refractivity contribution in [2.24, 2.45) is 0 Å². The Balaban J connectivity index is 3.47. The third kappa shape index (κ3) is 4.12. The number of ether oxygens (including phenoxy) is 1. The lowest BCUT2D eigenvalue weighted by molar-refractivity contribution is -0.276. The molecule has 0 aliphatic rings.